The third-order valence-corrected chi connectivity index (χ3v) is 5.60. The molecule has 1 atom stereocenters. The van der Waals surface area contributed by atoms with Gasteiger partial charge in [0.2, 0.25) is 5.88 Å². The average Bonchev–Trinajstić information content (AvgIpc) is 3.33. The predicted molar refractivity (Wildman–Crippen MR) is 124 cm³/mol. The van der Waals surface area contributed by atoms with Gasteiger partial charge in [0, 0.05) is 29.8 Å². The van der Waals surface area contributed by atoms with E-state index in [1.54, 1.807) is 26.3 Å². The first-order valence-corrected chi connectivity index (χ1v) is 10.9. The summed E-state index contributed by atoms with van der Waals surface area (Å²) in [5.41, 5.74) is -0.0226. The molecule has 0 aliphatic rings. The van der Waals surface area contributed by atoms with E-state index in [9.17, 15) is 5.11 Å². The van der Waals surface area contributed by atoms with Gasteiger partial charge in [-0.1, -0.05) is 18.2 Å². The number of hydrogen-bond acceptors (Lipinski definition) is 6. The SMILES string of the molecule is CCNC(=NCc1ccc(Oc2cccc(OC)c2)nc1)NCC(C)(O)c1cccs1. The molecule has 164 valence electrons. The second-order valence-corrected chi connectivity index (χ2v) is 8.03. The van der Waals surface area contributed by atoms with E-state index in [-0.39, 0.29) is 0 Å². The van der Waals surface area contributed by atoms with Crippen molar-refractivity contribution in [2.75, 3.05) is 20.2 Å². The Morgan fingerprint density at radius 2 is 2.00 bits per heavy atom. The number of aliphatic hydroxyl groups is 1. The summed E-state index contributed by atoms with van der Waals surface area (Å²) < 4.78 is 11.0. The zero-order valence-corrected chi connectivity index (χ0v) is 18.8. The first kappa shape index (κ1) is 22.6. The van der Waals surface area contributed by atoms with Crippen LogP contribution < -0.4 is 20.1 Å². The fraction of sp³-hybridized carbons (Fsp3) is 0.304. The van der Waals surface area contributed by atoms with Crippen molar-refractivity contribution in [1.29, 1.82) is 0 Å². The van der Waals surface area contributed by atoms with Crippen molar-refractivity contribution in [2.24, 2.45) is 4.99 Å². The Labute approximate surface area is 186 Å². The molecule has 0 saturated carbocycles. The number of aromatic nitrogens is 1. The van der Waals surface area contributed by atoms with Gasteiger partial charge in [-0.05, 0) is 43.0 Å². The Balaban J connectivity index is 1.58. The minimum atomic E-state index is -0.967. The monoisotopic (exact) mass is 440 g/mol. The van der Waals surface area contributed by atoms with Crippen LogP contribution in [0.3, 0.4) is 0 Å². The van der Waals surface area contributed by atoms with Crippen molar-refractivity contribution in [2.45, 2.75) is 26.0 Å². The van der Waals surface area contributed by atoms with Crippen LogP contribution in [0.25, 0.3) is 0 Å². The lowest BCUT2D eigenvalue weighted by atomic mass is 10.1. The maximum atomic E-state index is 10.7. The van der Waals surface area contributed by atoms with Crippen molar-refractivity contribution >= 4 is 17.3 Å². The van der Waals surface area contributed by atoms with E-state index >= 15 is 0 Å². The number of guanidine groups is 1. The van der Waals surface area contributed by atoms with E-state index in [2.05, 4.69) is 20.6 Å². The van der Waals surface area contributed by atoms with E-state index in [1.807, 2.05) is 54.8 Å². The summed E-state index contributed by atoms with van der Waals surface area (Å²) >= 11 is 1.53. The van der Waals surface area contributed by atoms with Crippen molar-refractivity contribution in [3.8, 4) is 17.4 Å². The number of hydrogen-bond donors (Lipinski definition) is 3. The van der Waals surface area contributed by atoms with Crippen LogP contribution in [0.4, 0.5) is 0 Å². The fourth-order valence-electron chi connectivity index (χ4n) is 2.79. The van der Waals surface area contributed by atoms with Crippen LogP contribution in [0.5, 0.6) is 17.4 Å². The van der Waals surface area contributed by atoms with Crippen LogP contribution in [0.2, 0.25) is 0 Å². The minimum Gasteiger partial charge on any atom is -0.497 e. The molecule has 0 spiro atoms. The van der Waals surface area contributed by atoms with Crippen LogP contribution in [-0.4, -0.2) is 36.2 Å². The van der Waals surface area contributed by atoms with E-state index < -0.39 is 5.60 Å². The quantitative estimate of drug-likeness (QED) is 0.345. The minimum absolute atomic E-state index is 0.352. The third-order valence-electron chi connectivity index (χ3n) is 4.48. The summed E-state index contributed by atoms with van der Waals surface area (Å²) in [6.45, 7) is 5.31. The predicted octanol–water partition coefficient (Wildman–Crippen LogP) is 3.91. The number of benzene rings is 1. The van der Waals surface area contributed by atoms with E-state index in [1.165, 1.54) is 11.3 Å². The molecule has 2 heterocycles. The van der Waals surface area contributed by atoms with Crippen LogP contribution in [-0.2, 0) is 12.1 Å². The van der Waals surface area contributed by atoms with Gasteiger partial charge in [-0.3, -0.25) is 0 Å². The summed E-state index contributed by atoms with van der Waals surface area (Å²) in [6, 6.07) is 15.0. The molecule has 1 aromatic carbocycles. The number of methoxy groups -OCH3 is 1. The number of ether oxygens (including phenoxy) is 2. The highest BCUT2D eigenvalue weighted by molar-refractivity contribution is 7.10. The highest BCUT2D eigenvalue weighted by Gasteiger charge is 2.24. The van der Waals surface area contributed by atoms with E-state index in [4.69, 9.17) is 9.47 Å². The largest absolute Gasteiger partial charge is 0.497 e. The Morgan fingerprint density at radius 1 is 1.16 bits per heavy atom. The van der Waals surface area contributed by atoms with Crippen LogP contribution in [0, 0.1) is 0 Å². The summed E-state index contributed by atoms with van der Waals surface area (Å²) in [5, 5.41) is 19.1. The van der Waals surface area contributed by atoms with Gasteiger partial charge in [0.1, 0.15) is 17.1 Å². The normalized spacial score (nSPS) is 13.4. The van der Waals surface area contributed by atoms with Crippen LogP contribution in [0.1, 0.15) is 24.3 Å². The Kier molecular flexibility index (Phi) is 7.86. The first-order valence-electron chi connectivity index (χ1n) is 10.1. The van der Waals surface area contributed by atoms with Gasteiger partial charge in [0.05, 0.1) is 20.2 Å². The smallest absolute Gasteiger partial charge is 0.219 e. The molecule has 2 aromatic heterocycles. The number of thiophene rings is 1. The molecule has 3 N–H and O–H groups in total. The maximum absolute atomic E-state index is 10.7. The van der Waals surface area contributed by atoms with Gasteiger partial charge in [-0.2, -0.15) is 0 Å². The Hall–Kier alpha value is -3.10. The van der Waals surface area contributed by atoms with Crippen molar-refractivity contribution in [3.63, 3.8) is 0 Å². The zero-order valence-electron chi connectivity index (χ0n) is 18.0. The molecule has 8 heteroatoms. The molecule has 3 aromatic rings. The second kappa shape index (κ2) is 10.8. The van der Waals surface area contributed by atoms with Gasteiger partial charge in [-0.15, -0.1) is 11.3 Å². The van der Waals surface area contributed by atoms with Crippen molar-refractivity contribution in [3.05, 3.63) is 70.5 Å². The van der Waals surface area contributed by atoms with E-state index in [0.29, 0.717) is 30.7 Å². The lowest BCUT2D eigenvalue weighted by molar-refractivity contribution is 0.0655. The molecule has 0 aliphatic heterocycles. The number of aliphatic imine (C=N–C) groups is 1. The first-order chi connectivity index (χ1) is 15.0. The highest BCUT2D eigenvalue weighted by atomic mass is 32.1. The Bertz CT molecular complexity index is 973. The van der Waals surface area contributed by atoms with Gasteiger partial charge >= 0.3 is 0 Å². The average molecular weight is 441 g/mol. The summed E-state index contributed by atoms with van der Waals surface area (Å²) in [4.78, 5) is 9.86. The fourth-order valence-corrected chi connectivity index (χ4v) is 3.58. The van der Waals surface area contributed by atoms with E-state index in [0.717, 1.165) is 22.7 Å². The number of nitrogens with zero attached hydrogens (tertiary/aromatic N) is 2. The molecule has 0 aliphatic carbocycles. The van der Waals surface area contributed by atoms with Crippen LogP contribution in [0.15, 0.2) is 65.1 Å². The molecule has 31 heavy (non-hydrogen) atoms. The summed E-state index contributed by atoms with van der Waals surface area (Å²) in [5.74, 6) is 2.52. The molecule has 0 radical (unpaired) electrons. The maximum Gasteiger partial charge on any atom is 0.219 e. The molecule has 0 amide bonds. The molecule has 7 nitrogen and oxygen atoms in total. The van der Waals surface area contributed by atoms with Crippen molar-refractivity contribution in [1.82, 2.24) is 15.6 Å². The number of rotatable bonds is 9. The van der Waals surface area contributed by atoms with Gasteiger partial charge < -0.3 is 25.2 Å². The molecular formula is C23H28N4O3S. The lowest BCUT2D eigenvalue weighted by Crippen LogP contribution is -2.44. The van der Waals surface area contributed by atoms with Crippen molar-refractivity contribution < 1.29 is 14.6 Å². The topological polar surface area (TPSA) is 88.0 Å². The van der Waals surface area contributed by atoms with Gasteiger partial charge in [-0.25, -0.2) is 9.98 Å². The van der Waals surface area contributed by atoms with Gasteiger partial charge in [0.25, 0.3) is 0 Å². The van der Waals surface area contributed by atoms with Crippen LogP contribution >= 0.6 is 11.3 Å². The molecule has 0 saturated heterocycles. The number of pyridine rings is 1. The highest BCUT2D eigenvalue weighted by Crippen LogP contribution is 2.25. The standard InChI is InChI=1S/C23H28N4O3S/c1-4-24-22(27-16-23(2,28)20-9-6-12-31-20)26-15-17-10-11-21(25-14-17)30-19-8-5-7-18(13-19)29-3/h5-14,28H,4,15-16H2,1-3H3,(H2,24,26,27). The second-order valence-electron chi connectivity index (χ2n) is 7.09. The molecular weight excluding hydrogens is 412 g/mol. The third kappa shape index (κ3) is 6.70. The molecule has 3 rings (SSSR count). The Morgan fingerprint density at radius 3 is 2.68 bits per heavy atom. The lowest BCUT2D eigenvalue weighted by Gasteiger charge is -2.23. The molecule has 0 fully saturated rings. The zero-order chi connectivity index (χ0) is 22.1. The summed E-state index contributed by atoms with van der Waals surface area (Å²) in [7, 11) is 1.62. The molecule has 1 unspecified atom stereocenters. The number of nitrogens with one attached hydrogen (secondary N) is 2. The van der Waals surface area contributed by atoms with Gasteiger partial charge in [0.15, 0.2) is 5.96 Å². The summed E-state index contributed by atoms with van der Waals surface area (Å²) in [6.07, 6.45) is 1.74. The molecule has 0 bridgehead atoms.